The highest BCUT2D eigenvalue weighted by molar-refractivity contribution is 6.21. The standard InChI is InChI=1S/C24H38Cl2FNO4/c25-17-3-1-16(2-4-17)7-12-32-23-8-10-24(11-9-23,21(29)14-23)28-22(30)15-31-18-5-6-19(26)20(27)13-18/h16-21,29H,1-15H2,(H,28,30). The van der Waals surface area contributed by atoms with Crippen LogP contribution in [0.1, 0.15) is 83.5 Å². The van der Waals surface area contributed by atoms with Crippen molar-refractivity contribution in [1.29, 1.82) is 0 Å². The average molecular weight is 494 g/mol. The van der Waals surface area contributed by atoms with E-state index in [9.17, 15) is 14.3 Å². The first-order valence-electron chi connectivity index (χ1n) is 12.5. The molecule has 2 N–H and O–H groups in total. The Bertz CT molecular complexity index is 637. The van der Waals surface area contributed by atoms with E-state index in [2.05, 4.69) is 5.32 Å². The van der Waals surface area contributed by atoms with E-state index in [1.807, 2.05) is 0 Å². The summed E-state index contributed by atoms with van der Waals surface area (Å²) in [5.41, 5.74) is -0.858. The molecule has 32 heavy (non-hydrogen) atoms. The fraction of sp³-hybridized carbons (Fsp3) is 0.958. The molecule has 4 unspecified atom stereocenters. The molecule has 0 heterocycles. The van der Waals surface area contributed by atoms with Gasteiger partial charge in [0, 0.05) is 24.8 Å². The molecule has 1 amide bonds. The van der Waals surface area contributed by atoms with Crippen LogP contribution in [-0.2, 0) is 14.3 Å². The normalized spacial score (nSPS) is 44.4. The van der Waals surface area contributed by atoms with E-state index in [0.29, 0.717) is 43.4 Å². The molecule has 0 aromatic carbocycles. The highest BCUT2D eigenvalue weighted by atomic mass is 35.5. The Morgan fingerprint density at radius 3 is 2.44 bits per heavy atom. The Morgan fingerprint density at radius 1 is 1.06 bits per heavy atom. The minimum Gasteiger partial charge on any atom is -0.391 e. The summed E-state index contributed by atoms with van der Waals surface area (Å²) in [5, 5.41) is 13.9. The zero-order valence-corrected chi connectivity index (χ0v) is 20.4. The molecular weight excluding hydrogens is 456 g/mol. The van der Waals surface area contributed by atoms with Crippen molar-refractivity contribution >= 4 is 29.1 Å². The van der Waals surface area contributed by atoms with Crippen LogP contribution in [0.5, 0.6) is 0 Å². The molecule has 0 saturated heterocycles. The van der Waals surface area contributed by atoms with Gasteiger partial charge in [-0.05, 0) is 76.5 Å². The van der Waals surface area contributed by atoms with Crippen molar-refractivity contribution in [2.24, 2.45) is 5.92 Å². The van der Waals surface area contributed by atoms with Crippen molar-refractivity contribution in [3.05, 3.63) is 0 Å². The number of amides is 1. The van der Waals surface area contributed by atoms with Gasteiger partial charge in [-0.1, -0.05) is 0 Å². The highest BCUT2D eigenvalue weighted by Crippen LogP contribution is 2.49. The van der Waals surface area contributed by atoms with Gasteiger partial charge in [0.1, 0.15) is 12.8 Å². The predicted octanol–water partition coefficient (Wildman–Crippen LogP) is 4.64. The minimum atomic E-state index is -1.08. The maximum Gasteiger partial charge on any atom is 0.246 e. The molecule has 5 aliphatic carbocycles. The van der Waals surface area contributed by atoms with Crippen LogP contribution in [0.15, 0.2) is 0 Å². The molecule has 0 radical (unpaired) electrons. The third-order valence-electron chi connectivity index (χ3n) is 8.45. The number of aliphatic hydroxyl groups excluding tert-OH is 1. The third-order valence-corrected chi connectivity index (χ3v) is 9.38. The second kappa shape index (κ2) is 10.6. The van der Waals surface area contributed by atoms with Crippen molar-refractivity contribution in [2.45, 2.75) is 124 Å². The number of nitrogens with one attached hydrogen (secondary N) is 1. The van der Waals surface area contributed by atoms with Crippen LogP contribution >= 0.6 is 23.2 Å². The molecular formula is C24H38Cl2FNO4. The summed E-state index contributed by atoms with van der Waals surface area (Å²) in [5.74, 6) is 0.460. The summed E-state index contributed by atoms with van der Waals surface area (Å²) < 4.78 is 25.8. The topological polar surface area (TPSA) is 67.8 Å². The van der Waals surface area contributed by atoms with Crippen LogP contribution < -0.4 is 5.32 Å². The first kappa shape index (κ1) is 25.0. The summed E-state index contributed by atoms with van der Waals surface area (Å²) in [7, 11) is 0. The Kier molecular flexibility index (Phi) is 8.30. The number of carbonyl (C=O) groups is 1. The molecule has 0 spiro atoms. The van der Waals surface area contributed by atoms with Crippen LogP contribution in [0, 0.1) is 5.92 Å². The summed E-state index contributed by atoms with van der Waals surface area (Å²) >= 11 is 12.1. The minimum absolute atomic E-state index is 0.106. The Balaban J connectivity index is 1.19. The first-order valence-corrected chi connectivity index (χ1v) is 13.3. The van der Waals surface area contributed by atoms with Crippen LogP contribution in [-0.4, -0.2) is 64.5 Å². The number of fused-ring (bicyclic) bond motifs is 3. The van der Waals surface area contributed by atoms with Gasteiger partial charge in [0.05, 0.1) is 28.7 Å². The third kappa shape index (κ3) is 5.91. The van der Waals surface area contributed by atoms with Crippen molar-refractivity contribution < 1.29 is 23.8 Å². The number of hydrogen-bond acceptors (Lipinski definition) is 4. The van der Waals surface area contributed by atoms with Gasteiger partial charge >= 0.3 is 0 Å². The van der Waals surface area contributed by atoms with Crippen molar-refractivity contribution in [3.63, 3.8) is 0 Å². The second-order valence-corrected chi connectivity index (χ2v) is 11.8. The quantitative estimate of drug-likeness (QED) is 0.483. The van der Waals surface area contributed by atoms with E-state index in [0.717, 1.165) is 38.7 Å². The second-order valence-electron chi connectivity index (χ2n) is 10.6. The summed E-state index contributed by atoms with van der Waals surface area (Å²) in [4.78, 5) is 12.6. The van der Waals surface area contributed by atoms with Gasteiger partial charge in [0.2, 0.25) is 5.91 Å². The lowest BCUT2D eigenvalue weighted by Crippen LogP contribution is -2.67. The van der Waals surface area contributed by atoms with Crippen LogP contribution in [0.4, 0.5) is 4.39 Å². The van der Waals surface area contributed by atoms with Crippen molar-refractivity contribution in [2.75, 3.05) is 13.2 Å². The zero-order chi connectivity index (χ0) is 22.8. The fourth-order valence-electron chi connectivity index (χ4n) is 6.20. The summed E-state index contributed by atoms with van der Waals surface area (Å²) in [6.07, 6.45) is 8.81. The molecule has 5 nitrogen and oxygen atoms in total. The van der Waals surface area contributed by atoms with Crippen LogP contribution in [0.3, 0.4) is 0 Å². The van der Waals surface area contributed by atoms with Crippen molar-refractivity contribution in [1.82, 2.24) is 5.32 Å². The number of aliphatic hydroxyl groups is 1. The first-order chi connectivity index (χ1) is 15.3. The van der Waals surface area contributed by atoms with E-state index in [4.69, 9.17) is 32.7 Å². The Hall–Kier alpha value is -0.140. The number of alkyl halides is 3. The van der Waals surface area contributed by atoms with E-state index in [1.165, 1.54) is 12.8 Å². The molecule has 5 fully saturated rings. The number of rotatable bonds is 8. The smallest absolute Gasteiger partial charge is 0.246 e. The van der Waals surface area contributed by atoms with Crippen LogP contribution in [0.2, 0.25) is 0 Å². The zero-order valence-electron chi connectivity index (χ0n) is 18.9. The van der Waals surface area contributed by atoms with Gasteiger partial charge in [0.25, 0.3) is 0 Å². The number of ether oxygens (including phenoxy) is 2. The maximum atomic E-state index is 13.8. The predicted molar refractivity (Wildman–Crippen MR) is 123 cm³/mol. The lowest BCUT2D eigenvalue weighted by Gasteiger charge is -2.56. The molecule has 184 valence electrons. The largest absolute Gasteiger partial charge is 0.391 e. The molecule has 5 saturated carbocycles. The Labute approximate surface area is 201 Å². The summed E-state index contributed by atoms with van der Waals surface area (Å²) in [6.45, 7) is 0.628. The number of carbonyl (C=O) groups excluding carboxylic acids is 1. The number of hydrogen-bond donors (Lipinski definition) is 2. The fourth-order valence-corrected chi connectivity index (χ4v) is 6.68. The Morgan fingerprint density at radius 2 is 1.78 bits per heavy atom. The molecule has 2 bridgehead atoms. The van der Waals surface area contributed by atoms with Gasteiger partial charge in [-0.2, -0.15) is 0 Å². The molecule has 5 rings (SSSR count). The lowest BCUT2D eigenvalue weighted by atomic mass is 9.61. The lowest BCUT2D eigenvalue weighted by molar-refractivity contribution is -0.173. The molecule has 0 aliphatic heterocycles. The van der Waals surface area contributed by atoms with E-state index in [1.54, 1.807) is 0 Å². The van der Waals surface area contributed by atoms with Gasteiger partial charge in [-0.15, -0.1) is 23.2 Å². The molecule has 0 aromatic heterocycles. The van der Waals surface area contributed by atoms with E-state index >= 15 is 0 Å². The van der Waals surface area contributed by atoms with Gasteiger partial charge in [0.15, 0.2) is 0 Å². The number of halogens is 3. The van der Waals surface area contributed by atoms with Gasteiger partial charge in [-0.25, -0.2) is 4.39 Å². The molecule has 5 aliphatic rings. The van der Waals surface area contributed by atoms with E-state index in [-0.39, 0.29) is 30.6 Å². The van der Waals surface area contributed by atoms with Gasteiger partial charge in [-0.3, -0.25) is 4.79 Å². The molecule has 0 aromatic rings. The monoisotopic (exact) mass is 493 g/mol. The van der Waals surface area contributed by atoms with E-state index < -0.39 is 23.2 Å². The average Bonchev–Trinajstić information content (AvgIpc) is 2.77. The summed E-state index contributed by atoms with van der Waals surface area (Å²) in [6, 6.07) is 0. The highest BCUT2D eigenvalue weighted by Gasteiger charge is 2.55. The SMILES string of the molecule is O=C(COC1CCC(Cl)C(F)C1)NC12CCC(OCCC3CCC(Cl)CC3)(CC1)CC2O. The molecule has 4 atom stereocenters. The molecule has 8 heteroatoms. The maximum absolute atomic E-state index is 13.8. The van der Waals surface area contributed by atoms with Crippen LogP contribution in [0.25, 0.3) is 0 Å². The van der Waals surface area contributed by atoms with Gasteiger partial charge < -0.3 is 19.9 Å². The van der Waals surface area contributed by atoms with Crippen molar-refractivity contribution in [3.8, 4) is 0 Å².